The molecule has 5 rings (SSSR count). The first-order valence-electron chi connectivity index (χ1n) is 9.22. The van der Waals surface area contributed by atoms with Crippen molar-refractivity contribution in [1.29, 1.82) is 0 Å². The molecule has 0 bridgehead atoms. The summed E-state index contributed by atoms with van der Waals surface area (Å²) in [6, 6.07) is 12.0. The lowest BCUT2D eigenvalue weighted by atomic mass is 10.0. The summed E-state index contributed by atoms with van der Waals surface area (Å²) in [5.74, 6) is 0.420. The maximum atomic E-state index is 13.4. The Morgan fingerprint density at radius 3 is 2.68 bits per heavy atom. The summed E-state index contributed by atoms with van der Waals surface area (Å²) in [6.07, 6.45) is 5.46. The van der Waals surface area contributed by atoms with Crippen LogP contribution in [-0.2, 0) is 0 Å². The fraction of sp³-hybridized carbons (Fsp3) is 0.190. The number of hydrogen-bond acceptors (Lipinski definition) is 4. The highest BCUT2D eigenvalue weighted by Gasteiger charge is 2.33. The minimum absolute atomic E-state index is 0.0419. The van der Waals surface area contributed by atoms with Crippen LogP contribution < -0.4 is 10.6 Å². The third-order valence-electron chi connectivity index (χ3n) is 5.23. The molecule has 4 heterocycles. The van der Waals surface area contributed by atoms with E-state index in [9.17, 15) is 4.79 Å². The van der Waals surface area contributed by atoms with Crippen molar-refractivity contribution < 1.29 is 4.79 Å². The van der Waals surface area contributed by atoms with Gasteiger partial charge in [-0.25, -0.2) is 4.98 Å². The molecule has 28 heavy (non-hydrogen) atoms. The first kappa shape index (κ1) is 16.6. The van der Waals surface area contributed by atoms with Gasteiger partial charge in [-0.3, -0.25) is 9.48 Å². The van der Waals surface area contributed by atoms with E-state index < -0.39 is 0 Å². The van der Waals surface area contributed by atoms with Crippen LogP contribution in [0.5, 0.6) is 0 Å². The SMILES string of the molecule is Cc1ccc(N2C[C@H](C)n3ncc(-c4ccc5nc(N)cn5c4)c3C2=O)cc1. The van der Waals surface area contributed by atoms with Gasteiger partial charge in [0.05, 0.1) is 18.4 Å². The lowest BCUT2D eigenvalue weighted by molar-refractivity contribution is 0.0954. The molecule has 0 aliphatic carbocycles. The van der Waals surface area contributed by atoms with E-state index in [0.717, 1.165) is 22.5 Å². The van der Waals surface area contributed by atoms with E-state index in [1.807, 2.05) is 63.5 Å². The highest BCUT2D eigenvalue weighted by molar-refractivity contribution is 6.09. The van der Waals surface area contributed by atoms with Crippen LogP contribution in [0.1, 0.15) is 29.0 Å². The summed E-state index contributed by atoms with van der Waals surface area (Å²) in [5.41, 5.74) is 10.9. The van der Waals surface area contributed by atoms with Crippen LogP contribution in [-0.4, -0.2) is 31.6 Å². The van der Waals surface area contributed by atoms with Crippen molar-refractivity contribution in [3.05, 3.63) is 66.2 Å². The number of hydrogen-bond donors (Lipinski definition) is 1. The van der Waals surface area contributed by atoms with Crippen molar-refractivity contribution >= 4 is 23.1 Å². The van der Waals surface area contributed by atoms with Crippen LogP contribution in [0, 0.1) is 6.92 Å². The van der Waals surface area contributed by atoms with Crippen LogP contribution in [0.25, 0.3) is 16.8 Å². The smallest absolute Gasteiger partial charge is 0.277 e. The van der Waals surface area contributed by atoms with E-state index in [1.165, 1.54) is 5.56 Å². The second-order valence-electron chi connectivity index (χ2n) is 7.30. The van der Waals surface area contributed by atoms with Gasteiger partial charge in [0.2, 0.25) is 0 Å². The summed E-state index contributed by atoms with van der Waals surface area (Å²) in [6.45, 7) is 4.71. The summed E-state index contributed by atoms with van der Waals surface area (Å²) >= 11 is 0. The van der Waals surface area contributed by atoms with Gasteiger partial charge in [0, 0.05) is 29.6 Å². The van der Waals surface area contributed by atoms with Crippen LogP contribution in [0.4, 0.5) is 11.5 Å². The number of nitrogens with two attached hydrogens (primary N) is 1. The second-order valence-corrected chi connectivity index (χ2v) is 7.30. The van der Waals surface area contributed by atoms with Crippen LogP contribution >= 0.6 is 0 Å². The zero-order chi connectivity index (χ0) is 19.4. The lowest BCUT2D eigenvalue weighted by Gasteiger charge is -2.32. The van der Waals surface area contributed by atoms with Crippen molar-refractivity contribution in [3.63, 3.8) is 0 Å². The maximum absolute atomic E-state index is 13.4. The first-order valence-corrected chi connectivity index (χ1v) is 9.22. The zero-order valence-electron chi connectivity index (χ0n) is 15.7. The average molecular weight is 372 g/mol. The molecule has 140 valence electrons. The van der Waals surface area contributed by atoms with Gasteiger partial charge in [-0.15, -0.1) is 0 Å². The molecule has 3 aromatic heterocycles. The molecule has 0 fully saturated rings. The molecule has 7 heteroatoms. The van der Waals surface area contributed by atoms with Gasteiger partial charge in [-0.1, -0.05) is 17.7 Å². The second kappa shape index (κ2) is 5.95. The molecule has 1 aromatic carbocycles. The van der Waals surface area contributed by atoms with Gasteiger partial charge in [0.1, 0.15) is 17.2 Å². The number of nitrogens with zero attached hydrogens (tertiary/aromatic N) is 5. The van der Waals surface area contributed by atoms with Gasteiger partial charge in [0.25, 0.3) is 5.91 Å². The highest BCUT2D eigenvalue weighted by Crippen LogP contribution is 2.32. The number of rotatable bonds is 2. The van der Waals surface area contributed by atoms with E-state index in [-0.39, 0.29) is 11.9 Å². The predicted octanol–water partition coefficient (Wildman–Crippen LogP) is 3.31. The topological polar surface area (TPSA) is 81.4 Å². The number of aryl methyl sites for hydroxylation is 1. The molecule has 1 aliphatic heterocycles. The van der Waals surface area contributed by atoms with Crippen molar-refractivity contribution in [1.82, 2.24) is 19.2 Å². The van der Waals surface area contributed by atoms with Crippen molar-refractivity contribution in [2.75, 3.05) is 17.2 Å². The Hall–Kier alpha value is -3.61. The molecule has 0 radical (unpaired) electrons. The fourth-order valence-electron chi connectivity index (χ4n) is 3.79. The minimum atomic E-state index is -0.0419. The molecule has 1 atom stereocenters. The summed E-state index contributed by atoms with van der Waals surface area (Å²) in [4.78, 5) is 19.5. The number of aromatic nitrogens is 4. The van der Waals surface area contributed by atoms with E-state index in [1.54, 1.807) is 12.4 Å². The average Bonchev–Trinajstić information content (AvgIpc) is 3.28. The molecular weight excluding hydrogens is 352 g/mol. The van der Waals surface area contributed by atoms with Crippen LogP contribution in [0.2, 0.25) is 0 Å². The molecule has 0 spiro atoms. The third kappa shape index (κ3) is 2.47. The Morgan fingerprint density at radius 2 is 1.89 bits per heavy atom. The number of carbonyl (C=O) groups excluding carboxylic acids is 1. The zero-order valence-corrected chi connectivity index (χ0v) is 15.7. The Balaban J connectivity index is 1.62. The number of anilines is 2. The van der Waals surface area contributed by atoms with Gasteiger partial charge in [-0.2, -0.15) is 5.10 Å². The lowest BCUT2D eigenvalue weighted by Crippen LogP contribution is -2.42. The standard InChI is InChI=1S/C21H20N6O/c1-13-3-6-16(7-4-13)26-10-14(2)27-20(21(26)28)17(9-23-27)15-5-8-19-24-18(22)12-25(19)11-15/h3-9,11-12,14H,10,22H2,1-2H3/t14-/m0/s1. The van der Waals surface area contributed by atoms with E-state index in [0.29, 0.717) is 18.1 Å². The molecule has 2 N–H and O–H groups in total. The quantitative estimate of drug-likeness (QED) is 0.585. The minimum Gasteiger partial charge on any atom is -0.382 e. The Bertz CT molecular complexity index is 1200. The number of amides is 1. The largest absolute Gasteiger partial charge is 0.382 e. The van der Waals surface area contributed by atoms with Crippen molar-refractivity contribution in [3.8, 4) is 11.1 Å². The molecular formula is C21H20N6O. The Kier molecular flexibility index (Phi) is 3.52. The molecule has 1 aliphatic rings. The van der Waals surface area contributed by atoms with Gasteiger partial charge >= 0.3 is 0 Å². The van der Waals surface area contributed by atoms with E-state index in [2.05, 4.69) is 17.0 Å². The highest BCUT2D eigenvalue weighted by atomic mass is 16.2. The van der Waals surface area contributed by atoms with Crippen molar-refractivity contribution in [2.24, 2.45) is 0 Å². The monoisotopic (exact) mass is 372 g/mol. The number of fused-ring (bicyclic) bond motifs is 2. The van der Waals surface area contributed by atoms with Crippen LogP contribution in [0.15, 0.2) is 55.0 Å². The number of pyridine rings is 1. The number of imidazole rings is 1. The van der Waals surface area contributed by atoms with E-state index >= 15 is 0 Å². The Morgan fingerprint density at radius 1 is 1.11 bits per heavy atom. The first-order chi connectivity index (χ1) is 13.5. The predicted molar refractivity (Wildman–Crippen MR) is 108 cm³/mol. The maximum Gasteiger partial charge on any atom is 0.277 e. The molecule has 0 saturated carbocycles. The Labute approximate surface area is 162 Å². The number of nitrogen functional groups attached to an aromatic ring is 1. The summed E-state index contributed by atoms with van der Waals surface area (Å²) in [7, 11) is 0. The van der Waals surface area contributed by atoms with E-state index in [4.69, 9.17) is 5.73 Å². The summed E-state index contributed by atoms with van der Waals surface area (Å²) in [5, 5.41) is 4.51. The molecule has 4 aromatic rings. The normalized spacial score (nSPS) is 16.6. The van der Waals surface area contributed by atoms with Gasteiger partial charge in [0.15, 0.2) is 0 Å². The van der Waals surface area contributed by atoms with Crippen LogP contribution in [0.3, 0.4) is 0 Å². The fourth-order valence-corrected chi connectivity index (χ4v) is 3.79. The molecule has 7 nitrogen and oxygen atoms in total. The molecule has 1 amide bonds. The van der Waals surface area contributed by atoms with Crippen molar-refractivity contribution in [2.45, 2.75) is 19.9 Å². The van der Waals surface area contributed by atoms with Gasteiger partial charge < -0.3 is 15.0 Å². The number of benzene rings is 1. The molecule has 0 saturated heterocycles. The summed E-state index contributed by atoms with van der Waals surface area (Å²) < 4.78 is 3.69. The van der Waals surface area contributed by atoms with Gasteiger partial charge in [-0.05, 0) is 38.1 Å². The number of carbonyl (C=O) groups is 1. The third-order valence-corrected chi connectivity index (χ3v) is 5.23. The molecule has 0 unspecified atom stereocenters.